The number of nitrogens with one attached hydrogen (secondary N) is 1. The van der Waals surface area contributed by atoms with Crippen LogP contribution in [0.2, 0.25) is 0 Å². The summed E-state index contributed by atoms with van der Waals surface area (Å²) in [6, 6.07) is 5.11. The summed E-state index contributed by atoms with van der Waals surface area (Å²) in [7, 11) is -3.32. The third-order valence-electron chi connectivity index (χ3n) is 6.39. The Kier molecular flexibility index (Phi) is 6.77. The van der Waals surface area contributed by atoms with Gasteiger partial charge in [-0.05, 0) is 68.7 Å². The van der Waals surface area contributed by atoms with Gasteiger partial charge in [-0.15, -0.1) is 11.3 Å². The molecule has 2 aliphatic carbocycles. The van der Waals surface area contributed by atoms with E-state index < -0.39 is 22.0 Å². The molecule has 1 unspecified atom stereocenters. The summed E-state index contributed by atoms with van der Waals surface area (Å²) >= 11 is 1.17. The number of hydrogen-bond acceptors (Lipinski definition) is 7. The number of anilines is 1. The van der Waals surface area contributed by atoms with E-state index in [1.165, 1.54) is 18.3 Å². The van der Waals surface area contributed by atoms with Crippen molar-refractivity contribution in [3.8, 4) is 0 Å². The Labute approximate surface area is 198 Å². The monoisotopic (exact) mass is 490 g/mol. The Bertz CT molecular complexity index is 1170. The van der Waals surface area contributed by atoms with Gasteiger partial charge < -0.3 is 10.2 Å². The van der Waals surface area contributed by atoms with Crippen molar-refractivity contribution in [1.29, 1.82) is 0 Å². The molecule has 7 nitrogen and oxygen atoms in total. The van der Waals surface area contributed by atoms with Gasteiger partial charge in [-0.1, -0.05) is 25.0 Å². The summed E-state index contributed by atoms with van der Waals surface area (Å²) in [5, 5.41) is 24.0. The number of benzene rings is 1. The summed E-state index contributed by atoms with van der Waals surface area (Å²) in [5.41, 5.74) is 0.607. The van der Waals surface area contributed by atoms with Crippen molar-refractivity contribution in [3.05, 3.63) is 46.5 Å². The predicted octanol–water partition coefficient (Wildman–Crippen LogP) is 3.80. The molecule has 33 heavy (non-hydrogen) atoms. The molecule has 178 valence electrons. The lowest BCUT2D eigenvalue weighted by atomic mass is 9.97. The lowest BCUT2D eigenvalue weighted by molar-refractivity contribution is -0.111. The molecule has 4 rings (SSSR count). The van der Waals surface area contributed by atoms with Crippen molar-refractivity contribution in [2.45, 2.75) is 68.1 Å². The van der Waals surface area contributed by atoms with Crippen LogP contribution in [0.5, 0.6) is 0 Å². The first kappa shape index (κ1) is 24.1. The molecule has 0 spiro atoms. The number of carbonyl (C=O) groups excluding carboxylic acids is 1. The van der Waals surface area contributed by atoms with Crippen LogP contribution in [0.25, 0.3) is 5.57 Å². The highest BCUT2D eigenvalue weighted by Gasteiger charge is 2.37. The normalized spacial score (nSPS) is 19.5. The number of nitrogens with zero attached hydrogens (tertiary/aromatic N) is 1. The van der Waals surface area contributed by atoms with Gasteiger partial charge in [0.25, 0.3) is 5.91 Å². The van der Waals surface area contributed by atoms with Crippen molar-refractivity contribution in [2.75, 3.05) is 11.9 Å². The summed E-state index contributed by atoms with van der Waals surface area (Å²) in [6.07, 6.45) is 7.69. The molecule has 2 aliphatic rings. The molecule has 0 aliphatic heterocycles. The Morgan fingerprint density at radius 1 is 1.27 bits per heavy atom. The summed E-state index contributed by atoms with van der Waals surface area (Å²) in [4.78, 5) is 17.9. The Morgan fingerprint density at radius 3 is 2.58 bits per heavy atom. The van der Waals surface area contributed by atoms with E-state index in [1.54, 1.807) is 30.5 Å². The molecule has 2 aromatic rings. The van der Waals surface area contributed by atoms with Gasteiger partial charge in [0.1, 0.15) is 5.60 Å². The number of aryl methyl sites for hydroxylation is 1. The fourth-order valence-electron chi connectivity index (χ4n) is 4.18. The number of aliphatic hydroxyl groups is 2. The van der Waals surface area contributed by atoms with Crippen LogP contribution in [0.15, 0.2) is 34.6 Å². The molecule has 2 fully saturated rings. The first-order valence-electron chi connectivity index (χ1n) is 11.3. The fraction of sp³-hybridized carbons (Fsp3) is 0.500. The highest BCUT2D eigenvalue weighted by Crippen LogP contribution is 2.36. The standard InChI is InChI=1S/C24H30N2O5S2/c1-15-11-17(7-10-20(15)33(30,31)18-8-9-18)19(12-16-5-3-4-6-16)22(28)26-23-25-21(13-32-23)24(2,29)14-27/h7,10-13,16,18,27,29H,3-6,8-9,14H2,1-2H3,(H,25,26,28)/b19-12+. The maximum atomic E-state index is 13.3. The first-order valence-corrected chi connectivity index (χ1v) is 13.7. The van der Waals surface area contributed by atoms with Crippen molar-refractivity contribution in [2.24, 2.45) is 5.92 Å². The topological polar surface area (TPSA) is 117 Å². The summed E-state index contributed by atoms with van der Waals surface area (Å²) in [6.45, 7) is 2.75. The molecule has 1 atom stereocenters. The summed E-state index contributed by atoms with van der Waals surface area (Å²) in [5.74, 6) is -0.0356. The Hall–Kier alpha value is -2.07. The minimum Gasteiger partial charge on any atom is -0.393 e. The Morgan fingerprint density at radius 2 is 1.97 bits per heavy atom. The summed E-state index contributed by atoms with van der Waals surface area (Å²) < 4.78 is 25.4. The smallest absolute Gasteiger partial charge is 0.257 e. The average molecular weight is 491 g/mol. The van der Waals surface area contributed by atoms with Gasteiger partial charge in [-0.25, -0.2) is 13.4 Å². The SMILES string of the molecule is Cc1cc(/C(=C\C2CCCC2)C(=O)Nc2nc(C(C)(O)CO)cs2)ccc1S(=O)(=O)C1CC1. The maximum Gasteiger partial charge on any atom is 0.257 e. The van der Waals surface area contributed by atoms with Gasteiger partial charge in [0.05, 0.1) is 22.4 Å². The molecular weight excluding hydrogens is 460 g/mol. The lowest BCUT2D eigenvalue weighted by Gasteiger charge is -2.17. The van der Waals surface area contributed by atoms with E-state index in [0.29, 0.717) is 45.5 Å². The largest absolute Gasteiger partial charge is 0.393 e. The molecule has 0 saturated heterocycles. The van der Waals surface area contributed by atoms with Crippen molar-refractivity contribution < 1.29 is 23.4 Å². The van der Waals surface area contributed by atoms with E-state index in [0.717, 1.165) is 25.7 Å². The molecule has 1 amide bonds. The molecule has 1 heterocycles. The van der Waals surface area contributed by atoms with Crippen LogP contribution in [0, 0.1) is 12.8 Å². The fourth-order valence-corrected chi connectivity index (χ4v) is 6.89. The van der Waals surface area contributed by atoms with E-state index in [-0.39, 0.29) is 16.9 Å². The second-order valence-corrected chi connectivity index (χ2v) is 12.3. The van der Waals surface area contributed by atoms with Gasteiger partial charge in [0.2, 0.25) is 0 Å². The molecule has 2 saturated carbocycles. The second kappa shape index (κ2) is 9.29. The second-order valence-electron chi connectivity index (χ2n) is 9.27. The number of carbonyl (C=O) groups is 1. The number of aromatic nitrogens is 1. The van der Waals surface area contributed by atoms with Crippen molar-refractivity contribution in [3.63, 3.8) is 0 Å². The highest BCUT2D eigenvalue weighted by molar-refractivity contribution is 7.92. The van der Waals surface area contributed by atoms with Gasteiger partial charge in [-0.2, -0.15) is 0 Å². The molecule has 9 heteroatoms. The molecular formula is C24H30N2O5S2. The molecule has 0 bridgehead atoms. The van der Waals surface area contributed by atoms with Crippen LogP contribution in [0.4, 0.5) is 5.13 Å². The van der Waals surface area contributed by atoms with Crippen molar-refractivity contribution >= 4 is 37.8 Å². The predicted molar refractivity (Wildman–Crippen MR) is 129 cm³/mol. The molecule has 1 aromatic heterocycles. The molecule has 3 N–H and O–H groups in total. The van der Waals surface area contributed by atoms with E-state index in [9.17, 15) is 23.4 Å². The van der Waals surface area contributed by atoms with E-state index >= 15 is 0 Å². The van der Waals surface area contributed by atoms with E-state index in [1.807, 2.05) is 6.08 Å². The van der Waals surface area contributed by atoms with Crippen LogP contribution in [0.3, 0.4) is 0 Å². The lowest BCUT2D eigenvalue weighted by Crippen LogP contribution is -2.26. The van der Waals surface area contributed by atoms with Crippen LogP contribution < -0.4 is 5.32 Å². The zero-order valence-electron chi connectivity index (χ0n) is 18.9. The van der Waals surface area contributed by atoms with Gasteiger partial charge in [-0.3, -0.25) is 10.1 Å². The third-order valence-corrected chi connectivity index (χ3v) is 9.56. The van der Waals surface area contributed by atoms with E-state index in [2.05, 4.69) is 10.3 Å². The van der Waals surface area contributed by atoms with Crippen LogP contribution >= 0.6 is 11.3 Å². The first-order chi connectivity index (χ1) is 15.6. The van der Waals surface area contributed by atoms with Crippen LogP contribution in [-0.2, 0) is 20.2 Å². The number of allylic oxidation sites excluding steroid dienone is 1. The number of hydrogen-bond donors (Lipinski definition) is 3. The minimum atomic E-state index is -3.32. The zero-order valence-corrected chi connectivity index (χ0v) is 20.5. The minimum absolute atomic E-state index is 0.283. The maximum absolute atomic E-state index is 13.3. The number of sulfone groups is 1. The third kappa shape index (κ3) is 5.21. The van der Waals surface area contributed by atoms with Crippen LogP contribution in [-0.4, -0.2) is 41.4 Å². The van der Waals surface area contributed by atoms with Gasteiger partial charge in [0, 0.05) is 11.0 Å². The number of aliphatic hydroxyl groups excluding tert-OH is 1. The molecule has 1 aromatic carbocycles. The van der Waals surface area contributed by atoms with Gasteiger partial charge in [0.15, 0.2) is 15.0 Å². The molecule has 0 radical (unpaired) electrons. The highest BCUT2D eigenvalue weighted by atomic mass is 32.2. The quantitative estimate of drug-likeness (QED) is 0.485. The average Bonchev–Trinajstić information content (AvgIpc) is 3.32. The van der Waals surface area contributed by atoms with Crippen LogP contribution in [0.1, 0.15) is 62.3 Å². The van der Waals surface area contributed by atoms with Gasteiger partial charge >= 0.3 is 0 Å². The zero-order chi connectivity index (χ0) is 23.8. The van der Waals surface area contributed by atoms with E-state index in [4.69, 9.17) is 0 Å². The Balaban J connectivity index is 1.63. The van der Waals surface area contributed by atoms with Crippen molar-refractivity contribution in [1.82, 2.24) is 4.98 Å². The number of amides is 1. The number of thiazole rings is 1. The number of rotatable bonds is 8.